The van der Waals surface area contributed by atoms with Crippen molar-refractivity contribution in [1.29, 1.82) is 0 Å². The SMILES string of the molecule is O=C(O)CCN(C(=O)C1OCCc2ccccc21)C1CC1. The number of rotatable bonds is 5. The number of hydrogen-bond donors (Lipinski definition) is 1. The minimum atomic E-state index is -0.876. The van der Waals surface area contributed by atoms with Gasteiger partial charge in [0, 0.05) is 12.6 Å². The smallest absolute Gasteiger partial charge is 0.305 e. The van der Waals surface area contributed by atoms with Crippen molar-refractivity contribution < 1.29 is 19.4 Å². The molecule has 1 N–H and O–H groups in total. The second-order valence-corrected chi connectivity index (χ2v) is 5.61. The van der Waals surface area contributed by atoms with E-state index in [1.54, 1.807) is 4.90 Å². The highest BCUT2D eigenvalue weighted by atomic mass is 16.5. The minimum Gasteiger partial charge on any atom is -0.481 e. The van der Waals surface area contributed by atoms with Crippen molar-refractivity contribution in [2.24, 2.45) is 0 Å². The standard InChI is InChI=1S/C16H19NO4/c18-14(19)7-9-17(12-5-6-12)16(20)15-13-4-2-1-3-11(13)8-10-21-15/h1-4,12,15H,5-10H2,(H,18,19). The lowest BCUT2D eigenvalue weighted by atomic mass is 9.96. The summed E-state index contributed by atoms with van der Waals surface area (Å²) in [7, 11) is 0. The molecule has 21 heavy (non-hydrogen) atoms. The summed E-state index contributed by atoms with van der Waals surface area (Å²) in [6.07, 6.45) is 2.14. The zero-order valence-electron chi connectivity index (χ0n) is 11.8. The summed E-state index contributed by atoms with van der Waals surface area (Å²) >= 11 is 0. The molecule has 1 unspecified atom stereocenters. The van der Waals surface area contributed by atoms with Crippen LogP contribution in [-0.4, -0.2) is 41.1 Å². The highest BCUT2D eigenvalue weighted by Crippen LogP contribution is 2.33. The molecule has 5 nitrogen and oxygen atoms in total. The van der Waals surface area contributed by atoms with Gasteiger partial charge in [-0.3, -0.25) is 9.59 Å². The van der Waals surface area contributed by atoms with Crippen LogP contribution in [0.15, 0.2) is 24.3 Å². The van der Waals surface area contributed by atoms with Gasteiger partial charge in [0.15, 0.2) is 6.10 Å². The molecule has 1 heterocycles. The Labute approximate surface area is 123 Å². The molecule has 1 fully saturated rings. The first-order valence-electron chi connectivity index (χ1n) is 7.38. The Kier molecular flexibility index (Phi) is 3.92. The highest BCUT2D eigenvalue weighted by molar-refractivity contribution is 5.84. The van der Waals surface area contributed by atoms with E-state index in [-0.39, 0.29) is 24.9 Å². The maximum Gasteiger partial charge on any atom is 0.305 e. The fourth-order valence-corrected chi connectivity index (χ4v) is 2.82. The maximum atomic E-state index is 12.8. The van der Waals surface area contributed by atoms with Crippen LogP contribution in [0.5, 0.6) is 0 Å². The van der Waals surface area contributed by atoms with Gasteiger partial charge in [-0.15, -0.1) is 0 Å². The number of fused-ring (bicyclic) bond motifs is 1. The summed E-state index contributed by atoms with van der Waals surface area (Å²) in [6, 6.07) is 8.02. The predicted molar refractivity (Wildman–Crippen MR) is 75.8 cm³/mol. The number of ether oxygens (including phenoxy) is 1. The van der Waals surface area contributed by atoms with Gasteiger partial charge in [0.25, 0.3) is 5.91 Å². The summed E-state index contributed by atoms with van der Waals surface area (Å²) < 4.78 is 5.69. The third kappa shape index (κ3) is 3.08. The highest BCUT2D eigenvalue weighted by Gasteiger charge is 2.38. The summed E-state index contributed by atoms with van der Waals surface area (Å²) in [6.45, 7) is 0.797. The topological polar surface area (TPSA) is 66.8 Å². The Morgan fingerprint density at radius 3 is 2.76 bits per heavy atom. The zero-order chi connectivity index (χ0) is 14.8. The minimum absolute atomic E-state index is 0.0173. The van der Waals surface area contributed by atoms with Gasteiger partial charge in [-0.1, -0.05) is 24.3 Å². The molecule has 1 aliphatic heterocycles. The van der Waals surface area contributed by atoms with Crippen LogP contribution in [0.1, 0.15) is 36.5 Å². The Balaban J connectivity index is 1.78. The van der Waals surface area contributed by atoms with Crippen molar-refractivity contribution in [1.82, 2.24) is 4.90 Å². The van der Waals surface area contributed by atoms with Crippen molar-refractivity contribution in [3.8, 4) is 0 Å². The van der Waals surface area contributed by atoms with Crippen LogP contribution in [0.2, 0.25) is 0 Å². The van der Waals surface area contributed by atoms with E-state index in [1.807, 2.05) is 24.3 Å². The van der Waals surface area contributed by atoms with E-state index >= 15 is 0 Å². The molecule has 0 aromatic heterocycles. The largest absolute Gasteiger partial charge is 0.481 e. The number of carbonyl (C=O) groups excluding carboxylic acids is 1. The van der Waals surface area contributed by atoms with E-state index in [4.69, 9.17) is 9.84 Å². The van der Waals surface area contributed by atoms with Crippen molar-refractivity contribution in [3.05, 3.63) is 35.4 Å². The Morgan fingerprint density at radius 2 is 2.05 bits per heavy atom. The van der Waals surface area contributed by atoms with Crippen LogP contribution in [0, 0.1) is 0 Å². The van der Waals surface area contributed by atoms with Crippen LogP contribution in [0.3, 0.4) is 0 Å². The van der Waals surface area contributed by atoms with Gasteiger partial charge < -0.3 is 14.7 Å². The fraction of sp³-hybridized carbons (Fsp3) is 0.500. The number of nitrogens with zero attached hydrogens (tertiary/aromatic N) is 1. The summed E-state index contributed by atoms with van der Waals surface area (Å²) in [5, 5.41) is 8.85. The molecule has 1 aliphatic carbocycles. The van der Waals surface area contributed by atoms with Crippen LogP contribution >= 0.6 is 0 Å². The van der Waals surface area contributed by atoms with Gasteiger partial charge >= 0.3 is 5.97 Å². The Morgan fingerprint density at radius 1 is 1.29 bits per heavy atom. The van der Waals surface area contributed by atoms with Crippen molar-refractivity contribution >= 4 is 11.9 Å². The normalized spacial score (nSPS) is 20.7. The molecule has 5 heteroatoms. The van der Waals surface area contributed by atoms with E-state index in [2.05, 4.69) is 0 Å². The monoisotopic (exact) mass is 289 g/mol. The quantitative estimate of drug-likeness (QED) is 0.897. The van der Waals surface area contributed by atoms with E-state index in [1.165, 1.54) is 0 Å². The molecule has 1 saturated carbocycles. The molecular weight excluding hydrogens is 270 g/mol. The maximum absolute atomic E-state index is 12.8. The second kappa shape index (κ2) is 5.85. The Hall–Kier alpha value is -1.88. The van der Waals surface area contributed by atoms with Crippen molar-refractivity contribution in [2.45, 2.75) is 37.8 Å². The number of carboxylic acids is 1. The van der Waals surface area contributed by atoms with E-state index < -0.39 is 12.1 Å². The first kappa shape index (κ1) is 14.1. The van der Waals surface area contributed by atoms with Gasteiger partial charge in [0.1, 0.15) is 0 Å². The molecule has 1 aromatic carbocycles. The third-order valence-electron chi connectivity index (χ3n) is 4.06. The van der Waals surface area contributed by atoms with Crippen molar-refractivity contribution in [2.75, 3.05) is 13.2 Å². The first-order valence-corrected chi connectivity index (χ1v) is 7.38. The first-order chi connectivity index (χ1) is 10.2. The van der Waals surface area contributed by atoms with Gasteiger partial charge in [0.2, 0.25) is 0 Å². The van der Waals surface area contributed by atoms with E-state index in [0.717, 1.165) is 30.4 Å². The average molecular weight is 289 g/mol. The number of benzene rings is 1. The number of hydrogen-bond acceptors (Lipinski definition) is 3. The van der Waals surface area contributed by atoms with Crippen LogP contribution in [-0.2, 0) is 20.7 Å². The summed E-state index contributed by atoms with van der Waals surface area (Å²) in [4.78, 5) is 25.2. The van der Waals surface area contributed by atoms with Gasteiger partial charge in [0.05, 0.1) is 13.0 Å². The molecule has 2 aliphatic rings. The fourth-order valence-electron chi connectivity index (χ4n) is 2.82. The molecule has 0 spiro atoms. The molecular formula is C16H19NO4. The lowest BCUT2D eigenvalue weighted by molar-refractivity contribution is -0.147. The molecule has 112 valence electrons. The van der Waals surface area contributed by atoms with E-state index in [9.17, 15) is 9.59 Å². The average Bonchev–Trinajstić information content (AvgIpc) is 3.31. The molecule has 1 aromatic rings. The van der Waals surface area contributed by atoms with Crippen LogP contribution < -0.4 is 0 Å². The summed E-state index contributed by atoms with van der Waals surface area (Å²) in [5.74, 6) is -0.968. The van der Waals surface area contributed by atoms with Crippen molar-refractivity contribution in [3.63, 3.8) is 0 Å². The zero-order valence-corrected chi connectivity index (χ0v) is 11.8. The van der Waals surface area contributed by atoms with Gasteiger partial charge in [-0.2, -0.15) is 0 Å². The van der Waals surface area contributed by atoms with Crippen LogP contribution in [0.4, 0.5) is 0 Å². The number of carboxylic acid groups (broad SMARTS) is 1. The molecule has 0 saturated heterocycles. The molecule has 0 bridgehead atoms. The predicted octanol–water partition coefficient (Wildman–Crippen LogP) is 1.77. The second-order valence-electron chi connectivity index (χ2n) is 5.61. The lowest BCUT2D eigenvalue weighted by Crippen LogP contribution is -2.40. The van der Waals surface area contributed by atoms with Crippen LogP contribution in [0.25, 0.3) is 0 Å². The summed E-state index contributed by atoms with van der Waals surface area (Å²) in [5.41, 5.74) is 2.07. The molecule has 1 atom stereocenters. The van der Waals surface area contributed by atoms with E-state index in [0.29, 0.717) is 6.61 Å². The van der Waals surface area contributed by atoms with Gasteiger partial charge in [-0.05, 0) is 30.4 Å². The Bertz CT molecular complexity index is 553. The number of amides is 1. The number of aliphatic carboxylic acids is 1. The third-order valence-corrected chi connectivity index (χ3v) is 4.06. The molecule has 1 amide bonds. The van der Waals surface area contributed by atoms with Gasteiger partial charge in [-0.25, -0.2) is 0 Å². The molecule has 3 rings (SSSR count). The lowest BCUT2D eigenvalue weighted by Gasteiger charge is -2.30. The number of carbonyl (C=O) groups is 2. The molecule has 0 radical (unpaired) electrons.